The summed E-state index contributed by atoms with van der Waals surface area (Å²) in [6.07, 6.45) is 15.8. The molecule has 4 rings (SSSR count). The van der Waals surface area contributed by atoms with Crippen molar-refractivity contribution in [3.05, 3.63) is 0 Å². The molecule has 0 heterocycles. The lowest BCUT2D eigenvalue weighted by molar-refractivity contribution is -0.227. The molecule has 0 amide bonds. The zero-order valence-electron chi connectivity index (χ0n) is 30.0. The maximum absolute atomic E-state index is 7.00. The molecule has 7 heteroatoms. The lowest BCUT2D eigenvalue weighted by Crippen LogP contribution is -2.63. The largest absolute Gasteiger partial charge is 0.381 e. The molecule has 0 aliphatic heterocycles. The fourth-order valence-electron chi connectivity index (χ4n) is 10.7. The standard InChI is InChI=1S/C38H73N3O4/c1-27(2)14-23-42-19-6-10-28(3)31-11-12-32-36-33(26-35(38(31,32)5)45-22-9-18-41)37(4)15-13-30(43-20-7-16-39)24-29(37)25-34(36)44-21-8-17-40/h27-36H,6-26,39-41H2,1-5H3/t28?,29?,30-,31?,32+,33?,34-,35+,36?,37+,38-/m1/s1. The number of rotatable bonds is 20. The van der Waals surface area contributed by atoms with E-state index in [1.807, 2.05) is 0 Å². The normalized spacial score (nSPS) is 38.6. The monoisotopic (exact) mass is 636 g/mol. The second kappa shape index (κ2) is 17.9. The Hall–Kier alpha value is -0.280. The Morgan fingerprint density at radius 3 is 2.07 bits per heavy atom. The van der Waals surface area contributed by atoms with E-state index in [0.29, 0.717) is 78.7 Å². The minimum atomic E-state index is 0.162. The van der Waals surface area contributed by atoms with Crippen LogP contribution in [0.4, 0.5) is 0 Å². The fourth-order valence-corrected chi connectivity index (χ4v) is 10.7. The van der Waals surface area contributed by atoms with Gasteiger partial charge in [0.2, 0.25) is 0 Å². The predicted molar refractivity (Wildman–Crippen MR) is 185 cm³/mol. The summed E-state index contributed by atoms with van der Waals surface area (Å²) in [5.41, 5.74) is 18.2. The van der Waals surface area contributed by atoms with E-state index in [1.165, 1.54) is 32.1 Å². The highest BCUT2D eigenvalue weighted by molar-refractivity contribution is 5.15. The number of ether oxygens (including phenoxy) is 4. The van der Waals surface area contributed by atoms with E-state index in [2.05, 4.69) is 34.6 Å². The van der Waals surface area contributed by atoms with Crippen LogP contribution in [0, 0.1) is 52.3 Å². The molecule has 0 bridgehead atoms. The highest BCUT2D eigenvalue weighted by Crippen LogP contribution is 2.69. The number of nitrogens with two attached hydrogens (primary N) is 3. The second-order valence-corrected chi connectivity index (χ2v) is 16.4. The van der Waals surface area contributed by atoms with Gasteiger partial charge in [-0.25, -0.2) is 0 Å². The zero-order chi connectivity index (χ0) is 32.5. The summed E-state index contributed by atoms with van der Waals surface area (Å²) >= 11 is 0. The predicted octanol–water partition coefficient (Wildman–Crippen LogP) is 6.55. The van der Waals surface area contributed by atoms with Crippen LogP contribution in [0.5, 0.6) is 0 Å². The Morgan fingerprint density at radius 2 is 1.38 bits per heavy atom. The van der Waals surface area contributed by atoms with Gasteiger partial charge in [0.15, 0.2) is 0 Å². The quantitative estimate of drug-likeness (QED) is 0.130. The highest BCUT2D eigenvalue weighted by atomic mass is 16.5. The summed E-state index contributed by atoms with van der Waals surface area (Å²) in [6, 6.07) is 0. The lowest BCUT2D eigenvalue weighted by atomic mass is 9.43. The Labute approximate surface area is 277 Å². The molecule has 4 saturated carbocycles. The second-order valence-electron chi connectivity index (χ2n) is 16.4. The van der Waals surface area contributed by atoms with Gasteiger partial charge in [-0.1, -0.05) is 34.6 Å². The molecule has 0 aromatic carbocycles. The van der Waals surface area contributed by atoms with E-state index in [0.717, 1.165) is 84.4 Å². The molecule has 0 saturated heterocycles. The topological polar surface area (TPSA) is 115 Å². The van der Waals surface area contributed by atoms with E-state index < -0.39 is 0 Å². The van der Waals surface area contributed by atoms with E-state index in [9.17, 15) is 0 Å². The van der Waals surface area contributed by atoms with Crippen LogP contribution in [0.3, 0.4) is 0 Å². The zero-order valence-corrected chi connectivity index (χ0v) is 30.0. The van der Waals surface area contributed by atoms with Crippen LogP contribution < -0.4 is 17.2 Å². The average Bonchev–Trinajstić information content (AvgIpc) is 3.37. The van der Waals surface area contributed by atoms with Crippen molar-refractivity contribution in [3.63, 3.8) is 0 Å². The van der Waals surface area contributed by atoms with Crippen molar-refractivity contribution in [3.8, 4) is 0 Å². The summed E-state index contributed by atoms with van der Waals surface area (Å²) in [6.45, 7) is 18.5. The van der Waals surface area contributed by atoms with Crippen LogP contribution in [0.25, 0.3) is 0 Å². The minimum absolute atomic E-state index is 0.162. The lowest BCUT2D eigenvalue weighted by Gasteiger charge is -2.65. The van der Waals surface area contributed by atoms with E-state index in [1.54, 1.807) is 0 Å². The first-order valence-electron chi connectivity index (χ1n) is 19.2. The SMILES string of the molecule is CC(C)CCOCCCC(C)C1CC[C@H]2C3C(C[C@H](OCCCN)[C@]12C)[C@@]1(C)CC[C@@H](OCCCN)CC1C[C@H]3OCCCN. The van der Waals surface area contributed by atoms with Crippen molar-refractivity contribution in [1.82, 2.24) is 0 Å². The van der Waals surface area contributed by atoms with Gasteiger partial charge < -0.3 is 36.1 Å². The first-order chi connectivity index (χ1) is 21.7. The third-order valence-corrected chi connectivity index (χ3v) is 13.3. The number of hydrogen-bond acceptors (Lipinski definition) is 7. The van der Waals surface area contributed by atoms with Crippen molar-refractivity contribution in [2.75, 3.05) is 52.7 Å². The van der Waals surface area contributed by atoms with Gasteiger partial charge in [0, 0.05) is 38.4 Å². The first kappa shape index (κ1) is 37.5. The molecule has 45 heavy (non-hydrogen) atoms. The van der Waals surface area contributed by atoms with E-state index in [4.69, 9.17) is 36.1 Å². The molecular formula is C38H73N3O4. The molecule has 5 unspecified atom stereocenters. The Kier molecular flexibility index (Phi) is 15.0. The minimum Gasteiger partial charge on any atom is -0.381 e. The highest BCUT2D eigenvalue weighted by Gasteiger charge is 2.66. The summed E-state index contributed by atoms with van der Waals surface area (Å²) in [4.78, 5) is 0. The number of fused-ring (bicyclic) bond motifs is 5. The summed E-state index contributed by atoms with van der Waals surface area (Å²) in [7, 11) is 0. The molecule has 0 aromatic rings. The van der Waals surface area contributed by atoms with Gasteiger partial charge in [-0.2, -0.15) is 0 Å². The molecular weight excluding hydrogens is 562 g/mol. The molecule has 4 aliphatic carbocycles. The smallest absolute Gasteiger partial charge is 0.0637 e. The average molecular weight is 636 g/mol. The molecule has 0 aromatic heterocycles. The van der Waals surface area contributed by atoms with Gasteiger partial charge in [-0.3, -0.25) is 0 Å². The van der Waals surface area contributed by atoms with Crippen molar-refractivity contribution < 1.29 is 18.9 Å². The van der Waals surface area contributed by atoms with Gasteiger partial charge >= 0.3 is 0 Å². The van der Waals surface area contributed by atoms with Gasteiger partial charge in [0.05, 0.1) is 18.3 Å². The van der Waals surface area contributed by atoms with Gasteiger partial charge in [-0.15, -0.1) is 0 Å². The van der Waals surface area contributed by atoms with Crippen LogP contribution in [0.15, 0.2) is 0 Å². The van der Waals surface area contributed by atoms with Crippen molar-refractivity contribution in [2.45, 2.75) is 136 Å². The van der Waals surface area contributed by atoms with Gasteiger partial charge in [-0.05, 0) is 150 Å². The van der Waals surface area contributed by atoms with Crippen LogP contribution in [0.1, 0.15) is 118 Å². The summed E-state index contributed by atoms with van der Waals surface area (Å²) in [5.74, 6) is 4.51. The summed E-state index contributed by atoms with van der Waals surface area (Å²) < 4.78 is 26.3. The molecule has 6 N–H and O–H groups in total. The third-order valence-electron chi connectivity index (χ3n) is 13.3. The fraction of sp³-hybridized carbons (Fsp3) is 1.00. The van der Waals surface area contributed by atoms with Crippen LogP contribution >= 0.6 is 0 Å². The summed E-state index contributed by atoms with van der Waals surface area (Å²) in [5, 5.41) is 0. The van der Waals surface area contributed by atoms with Crippen LogP contribution in [-0.2, 0) is 18.9 Å². The maximum atomic E-state index is 7.00. The van der Waals surface area contributed by atoms with Crippen LogP contribution in [-0.4, -0.2) is 71.0 Å². The molecule has 11 atom stereocenters. The van der Waals surface area contributed by atoms with E-state index >= 15 is 0 Å². The molecule has 4 fully saturated rings. The molecule has 4 aliphatic rings. The maximum Gasteiger partial charge on any atom is 0.0637 e. The Morgan fingerprint density at radius 1 is 0.689 bits per heavy atom. The van der Waals surface area contributed by atoms with Crippen molar-refractivity contribution in [2.24, 2.45) is 69.5 Å². The Bertz CT molecular complexity index is 846. The molecule has 0 spiro atoms. The molecule has 7 nitrogen and oxygen atoms in total. The third kappa shape index (κ3) is 8.85. The number of hydrogen-bond donors (Lipinski definition) is 3. The Balaban J connectivity index is 1.55. The van der Waals surface area contributed by atoms with E-state index in [-0.39, 0.29) is 11.5 Å². The van der Waals surface area contributed by atoms with Crippen LogP contribution in [0.2, 0.25) is 0 Å². The first-order valence-corrected chi connectivity index (χ1v) is 19.2. The van der Waals surface area contributed by atoms with Crippen molar-refractivity contribution >= 4 is 0 Å². The van der Waals surface area contributed by atoms with Crippen molar-refractivity contribution in [1.29, 1.82) is 0 Å². The van der Waals surface area contributed by atoms with Gasteiger partial charge in [0.25, 0.3) is 0 Å². The molecule has 264 valence electrons. The van der Waals surface area contributed by atoms with Gasteiger partial charge in [0.1, 0.15) is 0 Å². The molecule has 0 radical (unpaired) electrons.